The lowest BCUT2D eigenvalue weighted by Crippen LogP contribution is -2.13. The van der Waals surface area contributed by atoms with E-state index < -0.39 is 11.9 Å². The molecule has 0 saturated heterocycles. The van der Waals surface area contributed by atoms with Crippen LogP contribution in [0.1, 0.15) is 25.0 Å². The van der Waals surface area contributed by atoms with Gasteiger partial charge < -0.3 is 60.2 Å². The van der Waals surface area contributed by atoms with Crippen LogP contribution in [-0.2, 0) is 19.2 Å². The third-order valence-electron chi connectivity index (χ3n) is 11.3. The molecule has 8 rings (SSSR count). The number of nitrogens with one attached hydrogen (secondary N) is 4. The number of carbonyl (C=O) groups is 4. The Kier molecular flexibility index (Phi) is 23.4. The molecule has 2 heterocycles. The standard InChI is InChI=1S/2C30H29N5O3.C4H4O4/c2*1-4-37-28-18-26-25(17-27(28)34-29(36)11-8-16-35(2)3)30(21(19-31)20-32-26)33-22-12-14-24(15-13-22)38-23-9-6-5-7-10-23;5-3(6)1-2-4(7)8/h2*5-15,17-18,20H,4,16H2,1-3H3,(H,32,33)(H,34,36);1-2H,(H,5,6)(H,7,8)/b2*11-8+;2-1-. The van der Waals surface area contributed by atoms with E-state index in [-0.39, 0.29) is 11.8 Å². The largest absolute Gasteiger partial charge is 0.492 e. The zero-order valence-electron chi connectivity index (χ0n) is 47.0. The van der Waals surface area contributed by atoms with E-state index in [1.165, 1.54) is 24.5 Å². The minimum Gasteiger partial charge on any atom is -0.492 e. The van der Waals surface area contributed by atoms with Gasteiger partial charge in [-0.05, 0) is 127 Å². The van der Waals surface area contributed by atoms with Gasteiger partial charge in [0.2, 0.25) is 11.8 Å². The number of fused-ring (bicyclic) bond motifs is 2. The summed E-state index contributed by atoms with van der Waals surface area (Å²) >= 11 is 0. The zero-order chi connectivity index (χ0) is 60.4. The van der Waals surface area contributed by atoms with Crippen LogP contribution in [0.15, 0.2) is 182 Å². The van der Waals surface area contributed by atoms with Gasteiger partial charge >= 0.3 is 11.9 Å². The number of hydrogen-bond acceptors (Lipinski definition) is 16. The van der Waals surface area contributed by atoms with Gasteiger partial charge in [0.25, 0.3) is 0 Å². The molecule has 0 bridgehead atoms. The Morgan fingerprint density at radius 3 is 1.20 bits per heavy atom. The number of nitrogens with zero attached hydrogens (tertiary/aromatic N) is 6. The third kappa shape index (κ3) is 19.3. The number of likely N-dealkylation sites (N-methyl/N-ethyl adjacent to an activating group) is 2. The molecule has 428 valence electrons. The third-order valence-corrected chi connectivity index (χ3v) is 11.3. The number of anilines is 6. The first-order valence-corrected chi connectivity index (χ1v) is 26.1. The van der Waals surface area contributed by atoms with Crippen molar-refractivity contribution >= 4 is 79.7 Å². The second-order valence-electron chi connectivity index (χ2n) is 18.4. The van der Waals surface area contributed by atoms with E-state index in [9.17, 15) is 29.7 Å². The van der Waals surface area contributed by atoms with E-state index in [0.29, 0.717) is 117 Å². The molecular formula is C64H62N10O10. The Morgan fingerprint density at radius 2 is 0.881 bits per heavy atom. The lowest BCUT2D eigenvalue weighted by Gasteiger charge is -2.16. The van der Waals surface area contributed by atoms with Gasteiger partial charge in [-0.15, -0.1) is 0 Å². The Balaban J connectivity index is 0.000000238. The average molecular weight is 1130 g/mol. The summed E-state index contributed by atoms with van der Waals surface area (Å²) in [6.45, 7) is 5.87. The molecule has 0 spiro atoms. The smallest absolute Gasteiger partial charge is 0.328 e. The van der Waals surface area contributed by atoms with Crippen LogP contribution in [0, 0.1) is 22.7 Å². The number of carbonyl (C=O) groups excluding carboxylic acids is 2. The van der Waals surface area contributed by atoms with E-state index >= 15 is 0 Å². The van der Waals surface area contributed by atoms with Crippen LogP contribution in [-0.4, -0.2) is 108 Å². The number of ether oxygens (including phenoxy) is 4. The fourth-order valence-corrected chi connectivity index (χ4v) is 7.61. The number of carboxylic acid groups (broad SMARTS) is 2. The van der Waals surface area contributed by atoms with Gasteiger partial charge in [-0.3, -0.25) is 19.6 Å². The van der Waals surface area contributed by atoms with Crippen molar-refractivity contribution in [3.8, 4) is 46.6 Å². The van der Waals surface area contributed by atoms with Crippen LogP contribution in [0.3, 0.4) is 0 Å². The highest BCUT2D eigenvalue weighted by atomic mass is 16.5. The quantitative estimate of drug-likeness (QED) is 0.0344. The number of nitriles is 2. The molecule has 0 unspecified atom stereocenters. The van der Waals surface area contributed by atoms with Crippen LogP contribution < -0.4 is 40.2 Å². The van der Waals surface area contributed by atoms with E-state index in [2.05, 4.69) is 43.4 Å². The molecule has 2 amide bonds. The van der Waals surface area contributed by atoms with Gasteiger partial charge in [0.05, 0.1) is 58.1 Å². The average Bonchev–Trinajstić information content (AvgIpc) is 2.22. The fraction of sp³-hybridized carbons (Fsp3) is 0.156. The normalized spacial score (nSPS) is 10.8. The molecule has 8 aromatic rings. The maximum atomic E-state index is 12.6. The van der Waals surface area contributed by atoms with Gasteiger partial charge in [-0.1, -0.05) is 48.6 Å². The van der Waals surface area contributed by atoms with E-state index in [1.54, 1.807) is 36.4 Å². The number of aromatic nitrogens is 2. The first kappa shape index (κ1) is 62.1. The molecule has 84 heavy (non-hydrogen) atoms. The molecule has 6 N–H and O–H groups in total. The predicted molar refractivity (Wildman–Crippen MR) is 325 cm³/mol. The first-order chi connectivity index (χ1) is 40.5. The number of aliphatic carboxylic acids is 2. The second kappa shape index (κ2) is 31.7. The summed E-state index contributed by atoms with van der Waals surface area (Å²) in [7, 11) is 7.71. The minimum absolute atomic E-state index is 0.278. The summed E-state index contributed by atoms with van der Waals surface area (Å²) in [5.74, 6) is 0.804. The lowest BCUT2D eigenvalue weighted by molar-refractivity contribution is -0.134. The number of benzene rings is 6. The molecule has 6 aromatic carbocycles. The number of carboxylic acids is 2. The molecule has 20 heteroatoms. The Morgan fingerprint density at radius 1 is 0.524 bits per heavy atom. The van der Waals surface area contributed by atoms with Crippen molar-refractivity contribution in [2.45, 2.75) is 13.8 Å². The van der Waals surface area contributed by atoms with Crippen LogP contribution in [0.2, 0.25) is 0 Å². The number of rotatable bonds is 22. The Hall–Kier alpha value is -11.1. The van der Waals surface area contributed by atoms with Crippen molar-refractivity contribution in [2.75, 3.05) is 75.8 Å². The first-order valence-electron chi connectivity index (χ1n) is 26.1. The molecule has 0 aliphatic heterocycles. The molecule has 0 aliphatic carbocycles. The fourth-order valence-electron chi connectivity index (χ4n) is 7.61. The molecule has 0 atom stereocenters. The predicted octanol–water partition coefficient (Wildman–Crippen LogP) is 11.9. The van der Waals surface area contributed by atoms with Crippen LogP contribution in [0.4, 0.5) is 34.1 Å². The van der Waals surface area contributed by atoms with E-state index in [1.807, 2.05) is 161 Å². The monoisotopic (exact) mass is 1130 g/mol. The second-order valence-corrected chi connectivity index (χ2v) is 18.4. The van der Waals surface area contributed by atoms with E-state index in [0.717, 1.165) is 22.9 Å². The zero-order valence-corrected chi connectivity index (χ0v) is 47.0. The molecule has 0 saturated carbocycles. The van der Waals surface area contributed by atoms with Gasteiger partial charge in [-0.25, -0.2) is 9.59 Å². The van der Waals surface area contributed by atoms with Crippen molar-refractivity contribution in [2.24, 2.45) is 0 Å². The summed E-state index contributed by atoms with van der Waals surface area (Å²) in [4.78, 5) is 57.1. The minimum atomic E-state index is -1.26. The maximum Gasteiger partial charge on any atom is 0.328 e. The molecule has 20 nitrogen and oxygen atoms in total. The van der Waals surface area contributed by atoms with Crippen LogP contribution >= 0.6 is 0 Å². The molecule has 0 radical (unpaired) electrons. The number of para-hydroxylation sites is 2. The molecule has 0 aliphatic rings. The highest BCUT2D eigenvalue weighted by Crippen LogP contribution is 2.38. The lowest BCUT2D eigenvalue weighted by atomic mass is 10.1. The van der Waals surface area contributed by atoms with Gasteiger partial charge in [0.1, 0.15) is 46.6 Å². The number of hydrogen-bond donors (Lipinski definition) is 6. The topological polar surface area (TPSA) is 274 Å². The highest BCUT2D eigenvalue weighted by Gasteiger charge is 2.18. The Bertz CT molecular complexity index is 3480. The number of amides is 2. The highest BCUT2D eigenvalue weighted by molar-refractivity contribution is 6.06. The summed E-state index contributed by atoms with van der Waals surface area (Å²) in [6.07, 6.45) is 10.7. The van der Waals surface area contributed by atoms with Gasteiger partial charge in [-0.2, -0.15) is 10.5 Å². The van der Waals surface area contributed by atoms with Crippen molar-refractivity contribution in [1.82, 2.24) is 19.8 Å². The summed E-state index contributed by atoms with van der Waals surface area (Å²) in [5.41, 5.74) is 5.66. The van der Waals surface area contributed by atoms with Crippen molar-refractivity contribution in [1.29, 1.82) is 10.5 Å². The summed E-state index contributed by atoms with van der Waals surface area (Å²) in [5, 5.41) is 49.1. The molecule has 0 fully saturated rings. The van der Waals surface area contributed by atoms with Crippen molar-refractivity contribution in [3.63, 3.8) is 0 Å². The van der Waals surface area contributed by atoms with Crippen LogP contribution in [0.25, 0.3) is 21.8 Å². The SMILES string of the molecule is CCOc1cc2ncc(C#N)c(Nc3ccc(Oc4ccccc4)cc3)c2cc1NC(=O)/C=C/CN(C)C.CCOc1cc2ncc(C#N)c(Nc3ccc(Oc4ccccc4)cc3)c2cc1NC(=O)/C=C/CN(C)C.O=C(O)/C=C\C(=O)O. The van der Waals surface area contributed by atoms with Crippen molar-refractivity contribution < 1.29 is 48.3 Å². The van der Waals surface area contributed by atoms with Gasteiger partial charge in [0, 0.05) is 84.1 Å². The Labute approximate surface area is 486 Å². The summed E-state index contributed by atoms with van der Waals surface area (Å²) < 4.78 is 23.3. The van der Waals surface area contributed by atoms with Crippen molar-refractivity contribution in [3.05, 3.63) is 193 Å². The maximum absolute atomic E-state index is 12.6. The molecular weight excluding hydrogens is 1070 g/mol. The van der Waals surface area contributed by atoms with E-state index in [4.69, 9.17) is 29.2 Å². The van der Waals surface area contributed by atoms with Crippen LogP contribution in [0.5, 0.6) is 34.5 Å². The molecule has 2 aromatic heterocycles. The van der Waals surface area contributed by atoms with Gasteiger partial charge in [0.15, 0.2) is 0 Å². The number of pyridine rings is 2. The summed E-state index contributed by atoms with van der Waals surface area (Å²) in [6, 6.07) is 45.5.